The molecule has 0 fully saturated rings. The summed E-state index contributed by atoms with van der Waals surface area (Å²) in [6.45, 7) is -0.0696. The highest BCUT2D eigenvalue weighted by atomic mass is 32.2. The Hall–Kier alpha value is -2.10. The Kier molecular flexibility index (Phi) is 5.50. The van der Waals surface area contributed by atoms with E-state index < -0.39 is 21.8 Å². The zero-order chi connectivity index (χ0) is 15.2. The van der Waals surface area contributed by atoms with E-state index in [-0.39, 0.29) is 18.8 Å². The summed E-state index contributed by atoms with van der Waals surface area (Å²) < 4.78 is 22.9. The quantitative estimate of drug-likeness (QED) is 0.583. The van der Waals surface area contributed by atoms with Crippen molar-refractivity contribution in [3.63, 3.8) is 0 Å². The summed E-state index contributed by atoms with van der Waals surface area (Å²) in [5, 5.41) is 17.3. The van der Waals surface area contributed by atoms with E-state index in [0.717, 1.165) is 6.26 Å². The number of nitrogens with zero attached hydrogens (tertiary/aromatic N) is 2. The molecule has 0 saturated heterocycles. The van der Waals surface area contributed by atoms with E-state index in [1.165, 1.54) is 17.1 Å². The van der Waals surface area contributed by atoms with Crippen LogP contribution in [-0.4, -0.2) is 53.9 Å². The smallest absolute Gasteiger partial charge is 0.325 e. The number of aliphatic carboxylic acids is 1. The van der Waals surface area contributed by atoms with Crippen LogP contribution in [0.1, 0.15) is 6.42 Å². The first-order chi connectivity index (χ1) is 9.26. The Balaban J connectivity index is 2.32. The van der Waals surface area contributed by atoms with E-state index in [1.54, 1.807) is 0 Å². The van der Waals surface area contributed by atoms with Gasteiger partial charge in [0.1, 0.15) is 16.4 Å². The van der Waals surface area contributed by atoms with Gasteiger partial charge in [0.15, 0.2) is 0 Å². The number of carbonyl (C=O) groups is 2. The second-order valence-corrected chi connectivity index (χ2v) is 6.44. The lowest BCUT2D eigenvalue weighted by Gasteiger charge is -2.05. The zero-order valence-corrected chi connectivity index (χ0v) is 11.7. The van der Waals surface area contributed by atoms with E-state index in [0.29, 0.717) is 12.1 Å². The minimum Gasteiger partial charge on any atom is -0.480 e. The molecule has 0 saturated carbocycles. The first kappa shape index (κ1) is 16.0. The number of hydrogen-bond donors (Lipinski definition) is 3. The Morgan fingerprint density at radius 1 is 1.45 bits per heavy atom. The van der Waals surface area contributed by atoms with E-state index in [1.807, 2.05) is 0 Å². The summed E-state index contributed by atoms with van der Waals surface area (Å²) in [4.78, 5) is 21.9. The van der Waals surface area contributed by atoms with Gasteiger partial charge in [0.25, 0.3) is 0 Å². The van der Waals surface area contributed by atoms with Crippen LogP contribution < -0.4 is 10.6 Å². The summed E-state index contributed by atoms with van der Waals surface area (Å²) in [6, 6.07) is -0.506. The molecule has 1 aromatic rings. The van der Waals surface area contributed by atoms with E-state index >= 15 is 0 Å². The summed E-state index contributed by atoms with van der Waals surface area (Å²) in [6.07, 6.45) is 4.15. The van der Waals surface area contributed by atoms with Crippen molar-refractivity contribution < 1.29 is 23.1 Å². The Morgan fingerprint density at radius 3 is 2.75 bits per heavy atom. The second kappa shape index (κ2) is 6.89. The molecular weight excluding hydrogens is 288 g/mol. The van der Waals surface area contributed by atoms with Gasteiger partial charge in [-0.2, -0.15) is 5.10 Å². The van der Waals surface area contributed by atoms with Crippen molar-refractivity contribution in [3.05, 3.63) is 12.4 Å². The molecule has 10 heteroatoms. The number of nitrogens with one attached hydrogen (secondary N) is 2. The van der Waals surface area contributed by atoms with Gasteiger partial charge in [0.05, 0.1) is 17.6 Å². The van der Waals surface area contributed by atoms with Crippen LogP contribution in [0.25, 0.3) is 0 Å². The Bertz CT molecular complexity index is 580. The maximum atomic E-state index is 11.4. The molecule has 1 heterocycles. The molecule has 0 spiro atoms. The second-order valence-electron chi connectivity index (χ2n) is 4.18. The SMILES string of the molecule is CS(=O)(=O)CCCNC(=O)Nc1cnn(CC(=O)O)c1. The molecule has 0 aliphatic heterocycles. The molecule has 20 heavy (non-hydrogen) atoms. The largest absolute Gasteiger partial charge is 0.480 e. The highest BCUT2D eigenvalue weighted by molar-refractivity contribution is 7.90. The van der Waals surface area contributed by atoms with Gasteiger partial charge in [-0.15, -0.1) is 0 Å². The number of carboxylic acids is 1. The fourth-order valence-corrected chi connectivity index (χ4v) is 2.03. The van der Waals surface area contributed by atoms with Crippen LogP contribution in [0.2, 0.25) is 0 Å². The zero-order valence-electron chi connectivity index (χ0n) is 10.9. The topological polar surface area (TPSA) is 130 Å². The molecule has 2 amide bonds. The van der Waals surface area contributed by atoms with Crippen LogP contribution in [0.4, 0.5) is 10.5 Å². The van der Waals surface area contributed by atoms with Crippen LogP contribution in [-0.2, 0) is 21.2 Å². The van der Waals surface area contributed by atoms with Gasteiger partial charge in [-0.25, -0.2) is 13.2 Å². The van der Waals surface area contributed by atoms with E-state index in [2.05, 4.69) is 15.7 Å². The number of carbonyl (C=O) groups excluding carboxylic acids is 1. The van der Waals surface area contributed by atoms with Crippen molar-refractivity contribution in [1.29, 1.82) is 0 Å². The predicted molar refractivity (Wildman–Crippen MR) is 71.2 cm³/mol. The molecule has 9 nitrogen and oxygen atoms in total. The van der Waals surface area contributed by atoms with Gasteiger partial charge < -0.3 is 15.7 Å². The summed E-state index contributed by atoms with van der Waals surface area (Å²) in [5.74, 6) is -1.03. The van der Waals surface area contributed by atoms with Crippen molar-refractivity contribution in [2.75, 3.05) is 23.9 Å². The first-order valence-corrected chi connectivity index (χ1v) is 7.79. The van der Waals surface area contributed by atoms with E-state index in [4.69, 9.17) is 5.11 Å². The molecule has 1 aromatic heterocycles. The minimum absolute atomic E-state index is 0.00379. The number of anilines is 1. The predicted octanol–water partition coefficient (Wildman–Crippen LogP) is -0.476. The summed E-state index contributed by atoms with van der Waals surface area (Å²) in [5.41, 5.74) is 0.354. The minimum atomic E-state index is -3.03. The standard InChI is InChI=1S/C10H16N4O5S/c1-20(18,19)4-2-3-11-10(17)13-8-5-12-14(6-8)7-9(15)16/h5-6H,2-4,7H2,1H3,(H,15,16)(H2,11,13,17). The number of aromatic nitrogens is 2. The lowest BCUT2D eigenvalue weighted by molar-refractivity contribution is -0.137. The number of rotatable bonds is 7. The number of amides is 2. The van der Waals surface area contributed by atoms with Crippen molar-refractivity contribution in [2.45, 2.75) is 13.0 Å². The third-order valence-electron chi connectivity index (χ3n) is 2.17. The monoisotopic (exact) mass is 304 g/mol. The number of sulfone groups is 1. The normalized spacial score (nSPS) is 11.1. The highest BCUT2D eigenvalue weighted by Crippen LogP contribution is 2.04. The summed E-state index contributed by atoms with van der Waals surface area (Å²) in [7, 11) is -3.03. The van der Waals surface area contributed by atoms with Crippen LogP contribution in [0.3, 0.4) is 0 Å². The lowest BCUT2D eigenvalue weighted by atomic mass is 10.5. The van der Waals surface area contributed by atoms with Crippen LogP contribution in [0.15, 0.2) is 12.4 Å². The molecule has 0 aromatic carbocycles. The van der Waals surface area contributed by atoms with Crippen molar-refractivity contribution in [2.24, 2.45) is 0 Å². The maximum absolute atomic E-state index is 11.4. The van der Waals surface area contributed by atoms with Crippen LogP contribution in [0.5, 0.6) is 0 Å². The number of urea groups is 1. The first-order valence-electron chi connectivity index (χ1n) is 5.73. The highest BCUT2D eigenvalue weighted by Gasteiger charge is 2.06. The van der Waals surface area contributed by atoms with Gasteiger partial charge in [-0.1, -0.05) is 0 Å². The molecule has 0 aliphatic carbocycles. The Morgan fingerprint density at radius 2 is 2.15 bits per heavy atom. The van der Waals surface area contributed by atoms with Crippen molar-refractivity contribution >= 4 is 27.5 Å². The van der Waals surface area contributed by atoms with E-state index in [9.17, 15) is 18.0 Å². The number of hydrogen-bond acceptors (Lipinski definition) is 5. The molecule has 112 valence electrons. The fourth-order valence-electron chi connectivity index (χ4n) is 1.36. The molecule has 0 aliphatic rings. The Labute approximate surface area is 115 Å². The lowest BCUT2D eigenvalue weighted by Crippen LogP contribution is -2.30. The van der Waals surface area contributed by atoms with Crippen LogP contribution >= 0.6 is 0 Å². The van der Waals surface area contributed by atoms with Gasteiger partial charge in [0, 0.05) is 19.0 Å². The third-order valence-corrected chi connectivity index (χ3v) is 3.20. The fraction of sp³-hybridized carbons (Fsp3) is 0.500. The molecule has 1 rings (SSSR count). The molecule has 0 radical (unpaired) electrons. The van der Waals surface area contributed by atoms with Crippen molar-refractivity contribution in [1.82, 2.24) is 15.1 Å². The average Bonchev–Trinajstić information content (AvgIpc) is 2.69. The van der Waals surface area contributed by atoms with Gasteiger partial charge in [0.2, 0.25) is 0 Å². The molecule has 0 unspecified atom stereocenters. The van der Waals surface area contributed by atoms with Gasteiger partial charge in [-0.3, -0.25) is 9.48 Å². The summed E-state index contributed by atoms with van der Waals surface area (Å²) >= 11 is 0. The average molecular weight is 304 g/mol. The van der Waals surface area contributed by atoms with Gasteiger partial charge in [-0.05, 0) is 6.42 Å². The third kappa shape index (κ3) is 6.73. The van der Waals surface area contributed by atoms with Gasteiger partial charge >= 0.3 is 12.0 Å². The molecule has 0 bridgehead atoms. The van der Waals surface area contributed by atoms with Crippen molar-refractivity contribution in [3.8, 4) is 0 Å². The molecule has 3 N–H and O–H groups in total. The number of carboxylic acid groups (broad SMARTS) is 1. The molecule has 0 atom stereocenters. The maximum Gasteiger partial charge on any atom is 0.325 e. The van der Waals surface area contributed by atoms with Crippen LogP contribution in [0, 0.1) is 0 Å². The molecular formula is C10H16N4O5S.